The first-order valence-corrected chi connectivity index (χ1v) is 8.68. The maximum atomic E-state index is 12.4. The van der Waals surface area contributed by atoms with Gasteiger partial charge in [-0.15, -0.1) is 0 Å². The van der Waals surface area contributed by atoms with E-state index in [1.807, 2.05) is 36.4 Å². The summed E-state index contributed by atoms with van der Waals surface area (Å²) in [6.07, 6.45) is 1.02. The van der Waals surface area contributed by atoms with Crippen LogP contribution in [0.2, 0.25) is 0 Å². The topological polar surface area (TPSA) is 90.9 Å². The summed E-state index contributed by atoms with van der Waals surface area (Å²) in [5, 5.41) is 10.7. The molecule has 3 rings (SSSR count). The first-order valence-electron chi connectivity index (χ1n) is 8.68. The molecule has 0 spiro atoms. The first kappa shape index (κ1) is 18.4. The number of ether oxygens (including phenoxy) is 1. The molecule has 0 bridgehead atoms. The van der Waals surface area contributed by atoms with Crippen LogP contribution in [0.3, 0.4) is 0 Å². The monoisotopic (exact) mass is 362 g/mol. The fourth-order valence-electron chi connectivity index (χ4n) is 2.73. The van der Waals surface area contributed by atoms with Gasteiger partial charge in [-0.25, -0.2) is 4.98 Å². The Labute approximate surface area is 157 Å². The van der Waals surface area contributed by atoms with Gasteiger partial charge < -0.3 is 15.5 Å². The highest BCUT2D eigenvalue weighted by molar-refractivity contribution is 5.87. The van der Waals surface area contributed by atoms with Gasteiger partial charge in [0, 0.05) is 17.5 Å². The number of H-pyrrole nitrogens is 1. The predicted molar refractivity (Wildman–Crippen MR) is 109 cm³/mol. The Bertz CT molecular complexity index is 990. The van der Waals surface area contributed by atoms with E-state index < -0.39 is 0 Å². The normalized spacial score (nSPS) is 10.7. The summed E-state index contributed by atoms with van der Waals surface area (Å²) in [7, 11) is 1.59. The molecular weight excluding hydrogens is 340 g/mol. The minimum Gasteiger partial charge on any atom is -0.497 e. The molecule has 0 atom stereocenters. The molecule has 0 aliphatic heterocycles. The summed E-state index contributed by atoms with van der Waals surface area (Å²) >= 11 is 0. The summed E-state index contributed by atoms with van der Waals surface area (Å²) in [4.78, 5) is 19.6. The van der Waals surface area contributed by atoms with Gasteiger partial charge >= 0.3 is 0 Å². The van der Waals surface area contributed by atoms with Crippen molar-refractivity contribution in [3.63, 3.8) is 0 Å². The number of aromatic amines is 1. The Morgan fingerprint density at radius 3 is 2.33 bits per heavy atom. The predicted octanol–water partition coefficient (Wildman–Crippen LogP) is 4.31. The van der Waals surface area contributed by atoms with Crippen LogP contribution in [0.4, 0.5) is 11.6 Å². The zero-order valence-corrected chi connectivity index (χ0v) is 15.5. The van der Waals surface area contributed by atoms with Crippen molar-refractivity contribution in [2.45, 2.75) is 19.8 Å². The molecule has 0 unspecified atom stereocenters. The van der Waals surface area contributed by atoms with Gasteiger partial charge in [0.25, 0.3) is 5.56 Å². The van der Waals surface area contributed by atoms with Crippen LogP contribution in [0.25, 0.3) is 11.3 Å². The second-order valence-corrected chi connectivity index (χ2v) is 6.45. The molecule has 6 nitrogen and oxygen atoms in total. The molecule has 27 heavy (non-hydrogen) atoms. The lowest BCUT2D eigenvalue weighted by molar-refractivity contribution is 0.415. The van der Waals surface area contributed by atoms with E-state index in [0.717, 1.165) is 17.5 Å². The summed E-state index contributed by atoms with van der Waals surface area (Å²) < 4.78 is 5.17. The molecule has 0 fully saturated rings. The molecule has 0 amide bonds. The Kier molecular flexibility index (Phi) is 5.35. The van der Waals surface area contributed by atoms with Crippen molar-refractivity contribution >= 4 is 17.9 Å². The molecule has 2 aromatic carbocycles. The molecule has 0 saturated carbocycles. The van der Waals surface area contributed by atoms with Crippen LogP contribution in [0, 0.1) is 5.41 Å². The molecule has 0 radical (unpaired) electrons. The van der Waals surface area contributed by atoms with Crippen molar-refractivity contribution in [2.24, 2.45) is 0 Å². The molecule has 0 aliphatic carbocycles. The average molecular weight is 362 g/mol. The minimum absolute atomic E-state index is 0.209. The smallest absolute Gasteiger partial charge is 0.261 e. The standard InChI is InChI=1S/C21H22N4O2/c1-13(2)14-4-8-16(9-5-14)23-21-24-19(18(12-22)20(26)25-21)15-6-10-17(27-3)11-7-15/h4-13,22H,1-3H3,(H2,23,24,25,26). The number of methoxy groups -OCH3 is 1. The number of hydrogen-bond acceptors (Lipinski definition) is 5. The van der Waals surface area contributed by atoms with Crippen LogP contribution in [0.5, 0.6) is 5.75 Å². The number of hydrogen-bond donors (Lipinski definition) is 3. The number of nitrogens with zero attached hydrogens (tertiary/aromatic N) is 1. The third-order valence-corrected chi connectivity index (χ3v) is 4.30. The van der Waals surface area contributed by atoms with Gasteiger partial charge in [0.15, 0.2) is 0 Å². The second-order valence-electron chi connectivity index (χ2n) is 6.45. The third-order valence-electron chi connectivity index (χ3n) is 4.30. The quantitative estimate of drug-likeness (QED) is 0.570. The molecule has 0 saturated heterocycles. The van der Waals surface area contributed by atoms with Crippen molar-refractivity contribution < 1.29 is 4.74 Å². The van der Waals surface area contributed by atoms with E-state index in [9.17, 15) is 4.79 Å². The van der Waals surface area contributed by atoms with Crippen molar-refractivity contribution in [3.05, 3.63) is 70.0 Å². The Morgan fingerprint density at radius 1 is 1.11 bits per heavy atom. The average Bonchev–Trinajstić information content (AvgIpc) is 2.68. The fourth-order valence-corrected chi connectivity index (χ4v) is 2.73. The van der Waals surface area contributed by atoms with Crippen molar-refractivity contribution in [2.75, 3.05) is 12.4 Å². The molecule has 3 aromatic rings. The van der Waals surface area contributed by atoms with Crippen molar-refractivity contribution in [1.29, 1.82) is 5.41 Å². The molecule has 3 N–H and O–H groups in total. The van der Waals surface area contributed by atoms with E-state index in [1.165, 1.54) is 5.56 Å². The van der Waals surface area contributed by atoms with Crippen LogP contribution >= 0.6 is 0 Å². The lowest BCUT2D eigenvalue weighted by Gasteiger charge is -2.11. The number of nitrogens with one attached hydrogen (secondary N) is 3. The highest BCUT2D eigenvalue weighted by Gasteiger charge is 2.12. The fraction of sp³-hybridized carbons (Fsp3) is 0.190. The summed E-state index contributed by atoms with van der Waals surface area (Å²) in [5.74, 6) is 1.49. The number of anilines is 2. The van der Waals surface area contributed by atoms with Gasteiger partial charge in [0.05, 0.1) is 18.4 Å². The lowest BCUT2D eigenvalue weighted by Crippen LogP contribution is -2.17. The zero-order valence-electron chi connectivity index (χ0n) is 15.5. The molecule has 138 valence electrons. The molecular formula is C21H22N4O2. The van der Waals surface area contributed by atoms with Gasteiger partial charge in [-0.1, -0.05) is 26.0 Å². The highest BCUT2D eigenvalue weighted by Crippen LogP contribution is 2.24. The highest BCUT2D eigenvalue weighted by atomic mass is 16.5. The van der Waals surface area contributed by atoms with Crippen LogP contribution in [-0.4, -0.2) is 23.3 Å². The van der Waals surface area contributed by atoms with E-state index in [4.69, 9.17) is 10.1 Å². The van der Waals surface area contributed by atoms with Gasteiger partial charge in [-0.2, -0.15) is 0 Å². The van der Waals surface area contributed by atoms with E-state index in [-0.39, 0.29) is 11.1 Å². The van der Waals surface area contributed by atoms with Crippen LogP contribution in [0.1, 0.15) is 30.9 Å². The maximum absolute atomic E-state index is 12.4. The van der Waals surface area contributed by atoms with E-state index in [2.05, 4.69) is 29.1 Å². The molecule has 1 aromatic heterocycles. The summed E-state index contributed by atoms with van der Waals surface area (Å²) in [5.41, 5.74) is 3.08. The number of aromatic nitrogens is 2. The van der Waals surface area contributed by atoms with Crippen LogP contribution in [-0.2, 0) is 0 Å². The van der Waals surface area contributed by atoms with Crippen molar-refractivity contribution in [3.8, 4) is 17.0 Å². The van der Waals surface area contributed by atoms with E-state index >= 15 is 0 Å². The maximum Gasteiger partial charge on any atom is 0.261 e. The third kappa shape index (κ3) is 4.06. The minimum atomic E-state index is -0.368. The summed E-state index contributed by atoms with van der Waals surface area (Å²) in [6.45, 7) is 4.28. The van der Waals surface area contributed by atoms with Gasteiger partial charge in [0.2, 0.25) is 5.95 Å². The van der Waals surface area contributed by atoms with Gasteiger partial charge in [-0.3, -0.25) is 9.78 Å². The Balaban J connectivity index is 1.98. The van der Waals surface area contributed by atoms with Gasteiger partial charge in [0.1, 0.15) is 5.75 Å². The SMILES string of the molecule is COc1ccc(-c2nc(Nc3ccc(C(C)C)cc3)[nH]c(=O)c2C=N)cc1. The second kappa shape index (κ2) is 7.86. The molecule has 1 heterocycles. The van der Waals surface area contributed by atoms with E-state index in [1.54, 1.807) is 19.2 Å². The Hall–Kier alpha value is -3.41. The van der Waals surface area contributed by atoms with Crippen LogP contribution < -0.4 is 15.6 Å². The first-order chi connectivity index (χ1) is 13.0. The lowest BCUT2D eigenvalue weighted by atomic mass is 10.0. The number of rotatable bonds is 6. The summed E-state index contributed by atoms with van der Waals surface area (Å²) in [6, 6.07) is 15.2. The van der Waals surface area contributed by atoms with E-state index in [0.29, 0.717) is 23.3 Å². The largest absolute Gasteiger partial charge is 0.497 e. The number of benzene rings is 2. The van der Waals surface area contributed by atoms with Crippen molar-refractivity contribution in [1.82, 2.24) is 9.97 Å². The molecule has 0 aliphatic rings. The van der Waals surface area contributed by atoms with Gasteiger partial charge in [-0.05, 0) is 47.9 Å². The van der Waals surface area contributed by atoms with Crippen LogP contribution in [0.15, 0.2) is 53.3 Å². The Morgan fingerprint density at radius 2 is 1.78 bits per heavy atom. The molecule has 6 heteroatoms. The zero-order chi connectivity index (χ0) is 19.4.